The molecule has 8 heteroatoms. The quantitative estimate of drug-likeness (QED) is 0.0601. The maximum atomic E-state index is 6.74. The van der Waals surface area contributed by atoms with Crippen LogP contribution in [0.4, 0.5) is 0 Å². The molecule has 0 amide bonds. The number of hydrogen-bond acceptors (Lipinski definition) is 2. The lowest BCUT2D eigenvalue weighted by molar-refractivity contribution is 0.446. The summed E-state index contributed by atoms with van der Waals surface area (Å²) in [6.45, 7) is 13.8. The molecule has 0 bridgehead atoms. The van der Waals surface area contributed by atoms with Gasteiger partial charge in [0.25, 0.3) is 0 Å². The van der Waals surface area contributed by atoms with Gasteiger partial charge >= 0.3 is 0 Å². The molecule has 2 nitrogen and oxygen atoms in total. The Kier molecular flexibility index (Phi) is 18.2. The normalized spacial score (nSPS) is 14.3. The number of benzene rings is 12. The molecule has 3 aliphatic rings. The molecule has 432 valence electrons. The number of halogens is 2. The highest BCUT2D eigenvalue weighted by Gasteiger charge is 2.28. The summed E-state index contributed by atoms with van der Waals surface area (Å²) in [5.41, 5.74) is 17.6. The molecule has 0 saturated heterocycles. The molecule has 0 spiro atoms. The number of fused-ring (bicyclic) bond motifs is 21. The predicted molar refractivity (Wildman–Crippen MR) is 388 cm³/mol. The molecule has 0 aromatic heterocycles. The van der Waals surface area contributed by atoms with Crippen LogP contribution in [0.25, 0.3) is 98.0 Å². The van der Waals surface area contributed by atoms with Crippen LogP contribution in [0, 0.1) is 0 Å². The van der Waals surface area contributed by atoms with E-state index >= 15 is 0 Å². The Labute approximate surface area is 524 Å². The fraction of sp³-hybridized carbons (Fsp3) is 0.231. The van der Waals surface area contributed by atoms with Gasteiger partial charge in [0.05, 0.1) is 0 Å². The van der Waals surface area contributed by atoms with Gasteiger partial charge in [-0.05, 0) is 202 Å². The second-order valence-electron chi connectivity index (χ2n) is 24.7. The minimum absolute atomic E-state index is 0.178. The maximum Gasteiger partial charge on any atom is 0.119 e. The van der Waals surface area contributed by atoms with Crippen molar-refractivity contribution in [2.45, 2.75) is 70.0 Å². The van der Waals surface area contributed by atoms with Crippen molar-refractivity contribution in [1.29, 1.82) is 0 Å². The molecule has 1 N–H and O–H groups in total. The lowest BCUT2D eigenvalue weighted by Gasteiger charge is -2.33. The summed E-state index contributed by atoms with van der Waals surface area (Å²) in [4.78, 5) is 0. The van der Waals surface area contributed by atoms with E-state index in [0.717, 1.165) is 37.8 Å². The van der Waals surface area contributed by atoms with Crippen molar-refractivity contribution in [3.8, 4) is 33.4 Å². The summed E-state index contributed by atoms with van der Waals surface area (Å²) >= 11 is 12.5. The second kappa shape index (κ2) is 26.5. The summed E-state index contributed by atoms with van der Waals surface area (Å²) in [6, 6.07) is 81.6. The average molecular weight is 1230 g/mol. The van der Waals surface area contributed by atoms with E-state index in [4.69, 9.17) is 22.8 Å². The van der Waals surface area contributed by atoms with Gasteiger partial charge in [-0.3, -0.25) is 0 Å². The smallest absolute Gasteiger partial charge is 0.119 e. The molecule has 0 fully saturated rings. The molecule has 3 aliphatic heterocycles. The fourth-order valence-corrected chi connectivity index (χ4v) is 23.0. The molecule has 0 saturated carbocycles. The minimum atomic E-state index is -1.08. The van der Waals surface area contributed by atoms with Crippen LogP contribution in [0.1, 0.15) is 46.7 Å². The van der Waals surface area contributed by atoms with Crippen LogP contribution in [0.3, 0.4) is 0 Å². The van der Waals surface area contributed by atoms with E-state index in [0.29, 0.717) is 0 Å². The third-order valence-corrected chi connectivity index (χ3v) is 27.6. The highest BCUT2D eigenvalue weighted by molar-refractivity contribution is 7.82. The summed E-state index contributed by atoms with van der Waals surface area (Å²) in [7, 11) is -1.97. The first kappa shape index (κ1) is 59.2. The molecular weight excluding hydrogens is 1160 g/mol. The third-order valence-electron chi connectivity index (χ3n) is 18.1. The highest BCUT2D eigenvalue weighted by atomic mass is 35.7. The summed E-state index contributed by atoms with van der Waals surface area (Å²) in [5, 5.41) is 20.2. The summed E-state index contributed by atoms with van der Waals surface area (Å²) in [5.74, 6) is 0.768. The summed E-state index contributed by atoms with van der Waals surface area (Å²) in [6.07, 6.45) is 10.5. The van der Waals surface area contributed by atoms with E-state index in [1.54, 1.807) is 0 Å². The summed E-state index contributed by atoms with van der Waals surface area (Å²) < 4.78 is 2.56. The van der Waals surface area contributed by atoms with Crippen LogP contribution in [0.15, 0.2) is 218 Å². The largest absolute Gasteiger partial charge is 0.323 e. The number of nitrogens with zero attached hydrogens (tertiary/aromatic N) is 1. The second-order valence-corrected chi connectivity index (χ2v) is 37.9. The van der Waals surface area contributed by atoms with E-state index in [9.17, 15) is 0 Å². The van der Waals surface area contributed by atoms with Crippen LogP contribution in [0.2, 0.25) is 19.6 Å². The molecule has 0 atom stereocenters. The van der Waals surface area contributed by atoms with Crippen LogP contribution in [-0.2, 0) is 37.0 Å². The van der Waals surface area contributed by atoms with Crippen molar-refractivity contribution < 1.29 is 0 Å². The fourth-order valence-electron chi connectivity index (χ4n) is 14.0. The first-order valence-electron chi connectivity index (χ1n) is 31.0. The number of alkyl halides is 1. The average Bonchev–Trinajstić information content (AvgIpc) is 1.50. The zero-order chi connectivity index (χ0) is 58.7. The van der Waals surface area contributed by atoms with Crippen molar-refractivity contribution in [1.82, 2.24) is 9.88 Å². The van der Waals surface area contributed by atoms with Gasteiger partial charge in [-0.2, -0.15) is 0 Å². The number of hydrogen-bond donors (Lipinski definition) is 1. The van der Waals surface area contributed by atoms with Crippen molar-refractivity contribution in [3.05, 3.63) is 252 Å². The van der Waals surface area contributed by atoms with Gasteiger partial charge in [-0.1, -0.05) is 272 Å². The van der Waals surface area contributed by atoms with Crippen molar-refractivity contribution in [2.75, 3.05) is 44.4 Å². The van der Waals surface area contributed by atoms with Gasteiger partial charge in [-0.25, -0.2) is 0 Å². The predicted octanol–water partition coefficient (Wildman–Crippen LogP) is 23.0. The van der Waals surface area contributed by atoms with Gasteiger partial charge in [0.15, 0.2) is 0 Å². The Bertz CT molecular complexity index is 3990. The molecule has 12 aromatic carbocycles. The third kappa shape index (κ3) is 12.4. The van der Waals surface area contributed by atoms with Gasteiger partial charge in [0.2, 0.25) is 0 Å². The van der Waals surface area contributed by atoms with Gasteiger partial charge < -0.3 is 9.88 Å². The van der Waals surface area contributed by atoms with E-state index in [1.165, 1.54) is 181 Å². The van der Waals surface area contributed by atoms with E-state index in [1.807, 2.05) is 0 Å². The molecule has 86 heavy (non-hydrogen) atoms. The Morgan fingerprint density at radius 3 is 0.860 bits per heavy atom. The Morgan fingerprint density at radius 1 is 0.360 bits per heavy atom. The van der Waals surface area contributed by atoms with Crippen molar-refractivity contribution in [3.63, 3.8) is 0 Å². The van der Waals surface area contributed by atoms with Gasteiger partial charge in [0, 0.05) is 24.7 Å². The molecule has 12 aromatic rings. The number of nitrogens with one attached hydrogen (secondary N) is 1. The Morgan fingerprint density at radius 2 is 0.616 bits per heavy atom. The zero-order valence-electron chi connectivity index (χ0n) is 50.2. The highest BCUT2D eigenvalue weighted by Crippen LogP contribution is 2.57. The molecule has 0 aliphatic carbocycles. The van der Waals surface area contributed by atoms with Gasteiger partial charge in [0.1, 0.15) is 8.24 Å². The van der Waals surface area contributed by atoms with Crippen LogP contribution in [0.5, 0.6) is 0 Å². The first-order chi connectivity index (χ1) is 42.1. The van der Waals surface area contributed by atoms with Gasteiger partial charge in [-0.15, -0.1) is 11.6 Å². The van der Waals surface area contributed by atoms with Crippen molar-refractivity contribution >= 4 is 119 Å². The monoisotopic (exact) mass is 1230 g/mol. The van der Waals surface area contributed by atoms with Crippen molar-refractivity contribution in [2.24, 2.45) is 0 Å². The molecular formula is C78H77Cl2N2P3Si. The maximum absolute atomic E-state index is 6.74. The zero-order valence-corrected chi connectivity index (χ0v) is 55.4. The van der Waals surface area contributed by atoms with E-state index in [-0.39, 0.29) is 15.8 Å². The van der Waals surface area contributed by atoms with E-state index in [2.05, 4.69) is 255 Å². The Hall–Kier alpha value is -5.79. The molecule has 3 heterocycles. The molecule has 0 radical (unpaired) electrons. The topological polar surface area (TPSA) is 15.3 Å². The number of rotatable bonds is 11. The van der Waals surface area contributed by atoms with Crippen LogP contribution >= 0.6 is 46.0 Å². The standard InChI is InChI=1S/C48H41NP2.C22H16ClP.C8H20ClNSi/c1-5-13-41-33(9-1)17-21-37-29-50(30-38-22-18-34-10-2-6-14-42(34)46(38)45(37)41)27-25-49-26-28-51-31-39-23-19-35-11-3-7-15-43(35)47(39)48-40(32-51)24-20-36-12-4-8-16-44(36)48;23-24-13-17-11-9-15-5-1-3-7-19(15)21(17)22-18(14-24)12-10-16-6-2-4-8-20(16)22;1-5-7-10(8-6-9)11(2,3)4/h1-24,49H,25-32H2;1-12H,13-14H2;5-8H2,1-4H3. The molecule has 15 rings (SSSR count). The first-order valence-corrected chi connectivity index (χ1v) is 41.4. The Balaban J connectivity index is 0.000000161. The lowest BCUT2D eigenvalue weighted by atomic mass is 9.88. The molecule has 0 unspecified atom stereocenters. The SMILES string of the molecule is CCCN(CCCl)[Si](C)(C)C.ClP1Cc2ccc3ccccc3c2-c2c(ccc3ccccc23)C1.c1ccc2c3c(ccc2c1)CP(CCNCCP1Cc2ccc4ccccc4c2-c2c(ccc4ccccc24)C1)Cc1ccc2ccccc2c1-3. The van der Waals surface area contributed by atoms with E-state index < -0.39 is 15.5 Å². The van der Waals surface area contributed by atoms with Crippen LogP contribution < -0.4 is 5.32 Å². The minimum Gasteiger partial charge on any atom is -0.323 e. The van der Waals surface area contributed by atoms with Crippen LogP contribution in [-0.4, -0.2) is 57.2 Å². The lowest BCUT2D eigenvalue weighted by Crippen LogP contribution is -2.47.